The largest absolute Gasteiger partial charge is 0.493 e. The topological polar surface area (TPSA) is 50.4 Å². The third-order valence-electron chi connectivity index (χ3n) is 3.34. The minimum atomic E-state index is -0.256. The maximum Gasteiger partial charge on any atom is 0.319 e. The summed E-state index contributed by atoms with van der Waals surface area (Å²) >= 11 is 6.05. The minimum Gasteiger partial charge on any atom is -0.493 e. The second kappa shape index (κ2) is 6.06. The van der Waals surface area contributed by atoms with E-state index in [9.17, 15) is 4.79 Å². The van der Waals surface area contributed by atoms with Gasteiger partial charge < -0.3 is 15.4 Å². The van der Waals surface area contributed by atoms with E-state index >= 15 is 0 Å². The number of carbonyl (C=O) groups excluding carboxylic acids is 1. The minimum absolute atomic E-state index is 0.256. The molecule has 0 spiro atoms. The van der Waals surface area contributed by atoms with Crippen LogP contribution in [-0.2, 0) is 13.0 Å². The highest BCUT2D eigenvalue weighted by atomic mass is 35.5. The fraction of sp³-hybridized carbons (Fsp3) is 0.188. The lowest BCUT2D eigenvalue weighted by molar-refractivity contribution is 0.251. The molecule has 0 radical (unpaired) electrons. The average Bonchev–Trinajstić information content (AvgIpc) is 2.94. The van der Waals surface area contributed by atoms with Crippen molar-refractivity contribution in [2.45, 2.75) is 13.0 Å². The van der Waals surface area contributed by atoms with Crippen LogP contribution in [-0.4, -0.2) is 12.6 Å². The molecule has 108 valence electrons. The number of nitrogens with one attached hydrogen (secondary N) is 2. The molecule has 2 amide bonds. The van der Waals surface area contributed by atoms with E-state index in [2.05, 4.69) is 10.6 Å². The van der Waals surface area contributed by atoms with Gasteiger partial charge in [0.2, 0.25) is 0 Å². The normalized spacial score (nSPS) is 12.4. The van der Waals surface area contributed by atoms with E-state index in [0.29, 0.717) is 18.2 Å². The molecule has 2 aromatic carbocycles. The average molecular weight is 303 g/mol. The van der Waals surface area contributed by atoms with E-state index < -0.39 is 0 Å². The van der Waals surface area contributed by atoms with Crippen molar-refractivity contribution in [3.05, 3.63) is 58.6 Å². The van der Waals surface area contributed by atoms with Crippen LogP contribution in [0.3, 0.4) is 0 Å². The molecule has 0 fully saturated rings. The van der Waals surface area contributed by atoms with Crippen LogP contribution < -0.4 is 15.4 Å². The van der Waals surface area contributed by atoms with E-state index in [0.717, 1.165) is 29.0 Å². The first-order chi connectivity index (χ1) is 10.2. The van der Waals surface area contributed by atoms with E-state index in [1.54, 1.807) is 6.07 Å². The maximum atomic E-state index is 11.9. The summed E-state index contributed by atoms with van der Waals surface area (Å²) in [5.74, 6) is 0.900. The second-order valence-corrected chi connectivity index (χ2v) is 5.23. The molecule has 0 saturated heterocycles. The van der Waals surface area contributed by atoms with Crippen LogP contribution in [0.25, 0.3) is 0 Å². The quantitative estimate of drug-likeness (QED) is 0.910. The molecule has 1 heterocycles. The summed E-state index contributed by atoms with van der Waals surface area (Å²) in [6.07, 6.45) is 0.881. The summed E-state index contributed by atoms with van der Waals surface area (Å²) in [6, 6.07) is 12.8. The first-order valence-corrected chi connectivity index (χ1v) is 7.14. The Hall–Kier alpha value is -2.20. The van der Waals surface area contributed by atoms with Crippen molar-refractivity contribution < 1.29 is 9.53 Å². The highest BCUT2D eigenvalue weighted by Crippen LogP contribution is 2.27. The van der Waals surface area contributed by atoms with Crippen molar-refractivity contribution >= 4 is 23.3 Å². The molecular formula is C16H15ClN2O2. The Kier molecular flexibility index (Phi) is 3.97. The number of rotatable bonds is 3. The first-order valence-electron chi connectivity index (χ1n) is 6.76. The number of anilines is 1. The van der Waals surface area contributed by atoms with Crippen molar-refractivity contribution in [3.8, 4) is 5.75 Å². The highest BCUT2D eigenvalue weighted by Gasteiger charge is 2.12. The molecule has 0 aliphatic carbocycles. The van der Waals surface area contributed by atoms with E-state index in [-0.39, 0.29) is 6.03 Å². The van der Waals surface area contributed by atoms with Gasteiger partial charge in [-0.3, -0.25) is 0 Å². The lowest BCUT2D eigenvalue weighted by atomic mass is 10.1. The lowest BCUT2D eigenvalue weighted by Gasteiger charge is -2.09. The molecule has 5 heteroatoms. The van der Waals surface area contributed by atoms with Gasteiger partial charge in [-0.25, -0.2) is 4.79 Å². The number of urea groups is 1. The molecule has 0 atom stereocenters. The molecule has 1 aliphatic heterocycles. The fourth-order valence-corrected chi connectivity index (χ4v) is 2.46. The van der Waals surface area contributed by atoms with Gasteiger partial charge in [0.05, 0.1) is 6.61 Å². The van der Waals surface area contributed by atoms with Crippen LogP contribution in [0.5, 0.6) is 5.75 Å². The molecule has 0 saturated carbocycles. The van der Waals surface area contributed by atoms with Crippen LogP contribution in [0, 0.1) is 0 Å². The van der Waals surface area contributed by atoms with Gasteiger partial charge in [0.1, 0.15) is 5.75 Å². The van der Waals surface area contributed by atoms with Crippen LogP contribution in [0.1, 0.15) is 11.1 Å². The molecule has 0 bridgehead atoms. The Balaban J connectivity index is 1.58. The summed E-state index contributed by atoms with van der Waals surface area (Å²) in [7, 11) is 0. The van der Waals surface area contributed by atoms with Gasteiger partial charge in [-0.05, 0) is 35.4 Å². The molecule has 1 aliphatic rings. The van der Waals surface area contributed by atoms with Crippen LogP contribution in [0.2, 0.25) is 5.02 Å². The van der Waals surface area contributed by atoms with Crippen molar-refractivity contribution in [3.63, 3.8) is 0 Å². The van der Waals surface area contributed by atoms with E-state index in [4.69, 9.17) is 16.3 Å². The lowest BCUT2D eigenvalue weighted by Crippen LogP contribution is -2.28. The predicted octanol–water partition coefficient (Wildman–Crippen LogP) is 3.60. The van der Waals surface area contributed by atoms with Gasteiger partial charge in [-0.1, -0.05) is 29.8 Å². The summed E-state index contributed by atoms with van der Waals surface area (Å²) in [5, 5.41) is 6.25. The number of hydrogen-bond acceptors (Lipinski definition) is 2. The van der Waals surface area contributed by atoms with Gasteiger partial charge in [0, 0.05) is 23.7 Å². The Morgan fingerprint density at radius 3 is 2.95 bits per heavy atom. The zero-order chi connectivity index (χ0) is 14.7. The fourth-order valence-electron chi connectivity index (χ4n) is 2.26. The number of ether oxygens (including phenoxy) is 1. The smallest absolute Gasteiger partial charge is 0.319 e. The Bertz CT molecular complexity index is 673. The van der Waals surface area contributed by atoms with Crippen molar-refractivity contribution in [2.24, 2.45) is 0 Å². The number of fused-ring (bicyclic) bond motifs is 1. The zero-order valence-electron chi connectivity index (χ0n) is 11.4. The number of hydrogen-bond donors (Lipinski definition) is 2. The molecule has 0 aromatic heterocycles. The summed E-state index contributed by atoms with van der Waals surface area (Å²) in [4.78, 5) is 11.9. The molecule has 0 unspecified atom stereocenters. The van der Waals surface area contributed by atoms with Gasteiger partial charge in [-0.15, -0.1) is 0 Å². The van der Waals surface area contributed by atoms with Crippen molar-refractivity contribution in [1.82, 2.24) is 5.32 Å². The van der Waals surface area contributed by atoms with Crippen molar-refractivity contribution in [2.75, 3.05) is 11.9 Å². The number of halogens is 1. The third kappa shape index (κ3) is 3.28. The van der Waals surface area contributed by atoms with E-state index in [1.807, 2.05) is 36.4 Å². The van der Waals surface area contributed by atoms with E-state index in [1.165, 1.54) is 0 Å². The van der Waals surface area contributed by atoms with Crippen LogP contribution >= 0.6 is 11.6 Å². The number of benzene rings is 2. The number of carbonyl (C=O) groups is 1. The molecule has 2 aromatic rings. The molecule has 3 rings (SSSR count). The Morgan fingerprint density at radius 2 is 2.10 bits per heavy atom. The maximum absolute atomic E-state index is 11.9. The SMILES string of the molecule is O=C(NCc1ccccc1Cl)Nc1ccc2c(c1)CCO2. The Labute approximate surface area is 128 Å². The van der Waals surface area contributed by atoms with Gasteiger partial charge in [0.25, 0.3) is 0 Å². The van der Waals surface area contributed by atoms with Gasteiger partial charge in [0.15, 0.2) is 0 Å². The summed E-state index contributed by atoms with van der Waals surface area (Å²) < 4.78 is 5.43. The number of amides is 2. The molecular weight excluding hydrogens is 288 g/mol. The predicted molar refractivity (Wildman–Crippen MR) is 83.0 cm³/mol. The van der Waals surface area contributed by atoms with Gasteiger partial charge in [-0.2, -0.15) is 0 Å². The Morgan fingerprint density at radius 1 is 1.24 bits per heavy atom. The van der Waals surface area contributed by atoms with Crippen LogP contribution in [0.4, 0.5) is 10.5 Å². The van der Waals surface area contributed by atoms with Crippen molar-refractivity contribution in [1.29, 1.82) is 0 Å². The first kappa shape index (κ1) is 13.8. The monoisotopic (exact) mass is 302 g/mol. The third-order valence-corrected chi connectivity index (χ3v) is 3.71. The zero-order valence-corrected chi connectivity index (χ0v) is 12.1. The molecule has 4 nitrogen and oxygen atoms in total. The summed E-state index contributed by atoms with van der Waals surface area (Å²) in [6.45, 7) is 1.09. The molecule has 2 N–H and O–H groups in total. The summed E-state index contributed by atoms with van der Waals surface area (Å²) in [5.41, 5.74) is 2.77. The van der Waals surface area contributed by atoms with Crippen LogP contribution in [0.15, 0.2) is 42.5 Å². The molecule has 21 heavy (non-hydrogen) atoms. The van der Waals surface area contributed by atoms with Gasteiger partial charge >= 0.3 is 6.03 Å². The standard InChI is InChI=1S/C16H15ClN2O2/c17-14-4-2-1-3-12(14)10-18-16(20)19-13-5-6-15-11(9-13)7-8-21-15/h1-6,9H,7-8,10H2,(H2,18,19,20). The second-order valence-electron chi connectivity index (χ2n) is 4.82. The highest BCUT2D eigenvalue weighted by molar-refractivity contribution is 6.31.